The molecule has 38 heavy (non-hydrogen) atoms. The monoisotopic (exact) mass is 543 g/mol. The molecule has 12 nitrogen and oxygen atoms in total. The van der Waals surface area contributed by atoms with Crippen LogP contribution in [0.4, 0.5) is 10.3 Å². The summed E-state index contributed by atoms with van der Waals surface area (Å²) in [7, 11) is 0.0760. The van der Waals surface area contributed by atoms with Gasteiger partial charge in [0.2, 0.25) is 16.0 Å². The molecule has 0 saturated heterocycles. The van der Waals surface area contributed by atoms with Crippen LogP contribution in [0.3, 0.4) is 0 Å². The lowest BCUT2D eigenvalue weighted by Gasteiger charge is -2.22. The van der Waals surface area contributed by atoms with Gasteiger partial charge in [-0.15, -0.1) is 10.2 Å². The Morgan fingerprint density at radius 1 is 1.00 bits per heavy atom. The first kappa shape index (κ1) is 26.9. The minimum Gasteiger partial charge on any atom is -0.494 e. The van der Waals surface area contributed by atoms with E-state index in [1.54, 1.807) is 30.6 Å². The fourth-order valence-electron chi connectivity index (χ4n) is 3.84. The Hall–Kier alpha value is -4.17. The van der Waals surface area contributed by atoms with Gasteiger partial charge in [0.05, 0.1) is 26.6 Å². The molecule has 0 radical (unpaired) electrons. The van der Waals surface area contributed by atoms with Crippen LogP contribution in [0.15, 0.2) is 49.1 Å². The molecule has 3 aromatic heterocycles. The standard InChI is InChI=1S/C24H26FN7O5S/c1-14-9-16(11-26-10-14)23-29-30-24(32(23)20-18(35-3)7-6-8-19(20)36-4)31-38(33,34)15(2)21(37-5)22-27-12-17(25)13-28-22/h6-13,15,21H,1-5H3,(H,30,31)/t15-,21+/m0/s1. The van der Waals surface area contributed by atoms with E-state index < -0.39 is 27.2 Å². The van der Waals surface area contributed by atoms with E-state index in [1.165, 1.54) is 32.8 Å². The van der Waals surface area contributed by atoms with Crippen molar-refractivity contribution in [2.75, 3.05) is 26.1 Å². The summed E-state index contributed by atoms with van der Waals surface area (Å²) in [4.78, 5) is 12.0. The number of halogens is 1. The Labute approximate surface area is 218 Å². The number of sulfonamides is 1. The predicted octanol–water partition coefficient (Wildman–Crippen LogP) is 3.10. The fourth-order valence-corrected chi connectivity index (χ4v) is 4.97. The van der Waals surface area contributed by atoms with Crippen molar-refractivity contribution in [3.63, 3.8) is 0 Å². The number of hydrogen-bond acceptors (Lipinski definition) is 10. The van der Waals surface area contributed by atoms with Crippen molar-refractivity contribution in [2.45, 2.75) is 25.2 Å². The Morgan fingerprint density at radius 3 is 2.24 bits per heavy atom. The fraction of sp³-hybridized carbons (Fsp3) is 0.292. The Kier molecular flexibility index (Phi) is 7.83. The molecule has 3 heterocycles. The number of hydrogen-bond donors (Lipinski definition) is 1. The van der Waals surface area contributed by atoms with Gasteiger partial charge in [-0.05, 0) is 37.6 Å². The van der Waals surface area contributed by atoms with Gasteiger partial charge in [0.25, 0.3) is 0 Å². The van der Waals surface area contributed by atoms with E-state index in [2.05, 4.69) is 29.9 Å². The highest BCUT2D eigenvalue weighted by Crippen LogP contribution is 2.38. The summed E-state index contributed by atoms with van der Waals surface area (Å²) < 4.78 is 60.9. The molecule has 0 spiro atoms. The van der Waals surface area contributed by atoms with Gasteiger partial charge in [-0.25, -0.2) is 22.8 Å². The van der Waals surface area contributed by atoms with Crippen LogP contribution in [0.2, 0.25) is 0 Å². The predicted molar refractivity (Wildman–Crippen MR) is 136 cm³/mol. The molecule has 0 unspecified atom stereocenters. The number of pyridine rings is 1. The second-order valence-corrected chi connectivity index (χ2v) is 10.3. The molecule has 1 N–H and O–H groups in total. The van der Waals surface area contributed by atoms with Crippen molar-refractivity contribution < 1.29 is 27.0 Å². The third-order valence-electron chi connectivity index (χ3n) is 5.72. The van der Waals surface area contributed by atoms with Crippen molar-refractivity contribution >= 4 is 16.0 Å². The van der Waals surface area contributed by atoms with Crippen LogP contribution in [0.1, 0.15) is 24.4 Å². The van der Waals surface area contributed by atoms with Crippen molar-refractivity contribution in [1.29, 1.82) is 0 Å². The molecule has 0 aliphatic rings. The maximum Gasteiger partial charge on any atom is 0.243 e. The number of ether oxygens (including phenoxy) is 3. The maximum absolute atomic E-state index is 13.6. The normalized spacial score (nSPS) is 13.1. The lowest BCUT2D eigenvalue weighted by Crippen LogP contribution is -2.33. The largest absolute Gasteiger partial charge is 0.494 e. The number of aromatic nitrogens is 6. The lowest BCUT2D eigenvalue weighted by atomic mass is 10.2. The van der Waals surface area contributed by atoms with E-state index >= 15 is 0 Å². The summed E-state index contributed by atoms with van der Waals surface area (Å²) in [6.07, 6.45) is 4.04. The molecule has 0 amide bonds. The highest BCUT2D eigenvalue weighted by atomic mass is 32.2. The van der Waals surface area contributed by atoms with Crippen molar-refractivity contribution in [3.05, 3.63) is 66.3 Å². The highest BCUT2D eigenvalue weighted by Gasteiger charge is 2.35. The highest BCUT2D eigenvalue weighted by molar-refractivity contribution is 7.93. The van der Waals surface area contributed by atoms with Gasteiger partial charge in [0.1, 0.15) is 28.5 Å². The van der Waals surface area contributed by atoms with Gasteiger partial charge in [0.15, 0.2) is 17.5 Å². The number of para-hydroxylation sites is 1. The quantitative estimate of drug-likeness (QED) is 0.317. The van der Waals surface area contributed by atoms with Crippen molar-refractivity contribution in [2.24, 2.45) is 0 Å². The second kappa shape index (κ2) is 11.1. The second-order valence-electron chi connectivity index (χ2n) is 8.21. The molecule has 0 bridgehead atoms. The molecule has 0 aliphatic carbocycles. The molecule has 200 valence electrons. The van der Waals surface area contributed by atoms with Crippen LogP contribution in [-0.4, -0.2) is 64.7 Å². The number of rotatable bonds is 10. The summed E-state index contributed by atoms with van der Waals surface area (Å²) >= 11 is 0. The Morgan fingerprint density at radius 2 is 1.66 bits per heavy atom. The zero-order valence-electron chi connectivity index (χ0n) is 21.3. The number of benzene rings is 1. The molecule has 0 fully saturated rings. The van der Waals surface area contributed by atoms with Gasteiger partial charge in [0, 0.05) is 25.1 Å². The average molecular weight is 544 g/mol. The Bertz CT molecular complexity index is 1510. The Balaban J connectivity index is 1.84. The zero-order chi connectivity index (χ0) is 27.4. The molecular formula is C24H26FN7O5S. The van der Waals surface area contributed by atoms with Crippen LogP contribution in [-0.2, 0) is 14.8 Å². The van der Waals surface area contributed by atoms with E-state index in [-0.39, 0.29) is 11.8 Å². The van der Waals surface area contributed by atoms with Gasteiger partial charge < -0.3 is 14.2 Å². The molecule has 4 rings (SSSR count). The van der Waals surface area contributed by atoms with Gasteiger partial charge in [-0.2, -0.15) is 0 Å². The van der Waals surface area contributed by atoms with Gasteiger partial charge in [-0.3, -0.25) is 14.3 Å². The smallest absolute Gasteiger partial charge is 0.243 e. The first-order chi connectivity index (χ1) is 18.2. The number of anilines is 1. The van der Waals surface area contributed by atoms with Gasteiger partial charge in [-0.1, -0.05) is 6.07 Å². The summed E-state index contributed by atoms with van der Waals surface area (Å²) in [5.41, 5.74) is 1.81. The van der Waals surface area contributed by atoms with Crippen LogP contribution in [0.25, 0.3) is 17.1 Å². The van der Waals surface area contributed by atoms with E-state index in [4.69, 9.17) is 14.2 Å². The summed E-state index contributed by atoms with van der Waals surface area (Å²) in [6, 6.07) is 6.97. The van der Waals surface area contributed by atoms with Crippen LogP contribution in [0.5, 0.6) is 11.5 Å². The minimum atomic E-state index is -4.20. The average Bonchev–Trinajstić information content (AvgIpc) is 3.31. The van der Waals surface area contributed by atoms with E-state index in [1.807, 2.05) is 13.0 Å². The van der Waals surface area contributed by atoms with E-state index in [0.717, 1.165) is 18.0 Å². The SMILES string of the molecule is COc1cccc(OC)c1-n1c(NS(=O)(=O)[C@@H](C)[C@@H](OC)c2ncc(F)cn2)nnc1-c1cncc(C)c1. The van der Waals surface area contributed by atoms with E-state index in [0.29, 0.717) is 28.6 Å². The number of methoxy groups -OCH3 is 3. The zero-order valence-corrected chi connectivity index (χ0v) is 22.1. The molecule has 14 heteroatoms. The number of aryl methyl sites for hydroxylation is 1. The van der Waals surface area contributed by atoms with Crippen LogP contribution >= 0.6 is 0 Å². The first-order valence-electron chi connectivity index (χ1n) is 11.3. The molecule has 1 aromatic carbocycles. The molecule has 2 atom stereocenters. The topological polar surface area (TPSA) is 143 Å². The summed E-state index contributed by atoms with van der Waals surface area (Å²) in [6.45, 7) is 3.29. The van der Waals surface area contributed by atoms with Crippen LogP contribution in [0, 0.1) is 12.7 Å². The number of nitrogens with one attached hydrogen (secondary N) is 1. The third kappa shape index (κ3) is 5.26. The van der Waals surface area contributed by atoms with Crippen LogP contribution < -0.4 is 14.2 Å². The van der Waals surface area contributed by atoms with Crippen molar-refractivity contribution in [1.82, 2.24) is 29.7 Å². The lowest BCUT2D eigenvalue weighted by molar-refractivity contribution is 0.0948. The van der Waals surface area contributed by atoms with Gasteiger partial charge >= 0.3 is 0 Å². The summed E-state index contributed by atoms with van der Waals surface area (Å²) in [5.74, 6) is 0.272. The van der Waals surface area contributed by atoms with Crippen molar-refractivity contribution in [3.8, 4) is 28.6 Å². The minimum absolute atomic E-state index is 0.00571. The number of nitrogens with zero attached hydrogens (tertiary/aromatic N) is 6. The maximum atomic E-state index is 13.6. The molecule has 0 aliphatic heterocycles. The molecule has 4 aromatic rings. The third-order valence-corrected chi connectivity index (χ3v) is 7.41. The summed E-state index contributed by atoms with van der Waals surface area (Å²) in [5, 5.41) is 7.20. The molecular weight excluding hydrogens is 517 g/mol. The van der Waals surface area contributed by atoms with E-state index in [9.17, 15) is 12.8 Å². The first-order valence-corrected chi connectivity index (χ1v) is 12.9. The molecule has 0 saturated carbocycles.